The van der Waals surface area contributed by atoms with Crippen molar-refractivity contribution < 1.29 is 18.0 Å². The summed E-state index contributed by atoms with van der Waals surface area (Å²) >= 11 is 5.78. The van der Waals surface area contributed by atoms with Crippen LogP contribution in [-0.4, -0.2) is 33.8 Å². The lowest BCUT2D eigenvalue weighted by Gasteiger charge is -2.08. The van der Waals surface area contributed by atoms with Crippen LogP contribution in [-0.2, 0) is 27.1 Å². The zero-order valence-electron chi connectivity index (χ0n) is 15.4. The van der Waals surface area contributed by atoms with Gasteiger partial charge < -0.3 is 10.6 Å². The lowest BCUT2D eigenvalue weighted by molar-refractivity contribution is -0.121. The molecule has 0 saturated heterocycles. The Hall–Kier alpha value is -2.42. The van der Waals surface area contributed by atoms with Crippen LogP contribution in [0.3, 0.4) is 0 Å². The molecule has 2 aromatic rings. The molecular formula is C19H22ClN3O4S. The van der Waals surface area contributed by atoms with Crippen molar-refractivity contribution in [3.63, 3.8) is 0 Å². The first-order valence-electron chi connectivity index (χ1n) is 8.58. The van der Waals surface area contributed by atoms with Crippen molar-refractivity contribution in [3.8, 4) is 0 Å². The van der Waals surface area contributed by atoms with Crippen molar-refractivity contribution in [2.45, 2.75) is 18.7 Å². The molecule has 2 aromatic carbocycles. The van der Waals surface area contributed by atoms with E-state index in [9.17, 15) is 18.0 Å². The molecule has 2 rings (SSSR count). The van der Waals surface area contributed by atoms with E-state index < -0.39 is 10.0 Å². The smallest absolute Gasteiger partial charge is 0.251 e. The molecule has 0 spiro atoms. The highest BCUT2D eigenvalue weighted by molar-refractivity contribution is 7.88. The fourth-order valence-corrected chi connectivity index (χ4v) is 3.23. The molecule has 0 aliphatic heterocycles. The predicted molar refractivity (Wildman–Crippen MR) is 108 cm³/mol. The molecule has 0 heterocycles. The van der Waals surface area contributed by atoms with Gasteiger partial charge in [0.25, 0.3) is 5.91 Å². The molecule has 0 unspecified atom stereocenters. The van der Waals surface area contributed by atoms with E-state index in [1.165, 1.54) is 7.05 Å². The lowest BCUT2D eigenvalue weighted by atomic mass is 10.1. The van der Waals surface area contributed by atoms with Gasteiger partial charge in [-0.25, -0.2) is 13.1 Å². The number of carbonyl (C=O) groups is 2. The quantitative estimate of drug-likeness (QED) is 0.572. The van der Waals surface area contributed by atoms with Crippen LogP contribution in [0, 0.1) is 0 Å². The topological polar surface area (TPSA) is 104 Å². The summed E-state index contributed by atoms with van der Waals surface area (Å²) in [5.41, 5.74) is 1.99. The molecule has 0 aliphatic rings. The van der Waals surface area contributed by atoms with Crippen LogP contribution in [0.5, 0.6) is 0 Å². The van der Waals surface area contributed by atoms with Crippen LogP contribution in [0.1, 0.15) is 27.9 Å². The fraction of sp³-hybridized carbons (Fsp3) is 0.263. The summed E-state index contributed by atoms with van der Waals surface area (Å²) in [6, 6.07) is 13.4. The van der Waals surface area contributed by atoms with E-state index in [-0.39, 0.29) is 30.5 Å². The standard InChI is InChI=1S/C19H22ClN3O4S/c1-21-28(26,27)13-15-4-2-14(3-5-15)12-23-18(24)10-11-22-19(25)16-6-8-17(20)9-7-16/h2-9,21H,10-13H2,1H3,(H,22,25)(H,23,24). The van der Waals surface area contributed by atoms with Crippen LogP contribution in [0.25, 0.3) is 0 Å². The monoisotopic (exact) mass is 423 g/mol. The molecule has 0 aliphatic carbocycles. The number of hydrogen-bond acceptors (Lipinski definition) is 4. The van der Waals surface area contributed by atoms with Gasteiger partial charge in [-0.1, -0.05) is 35.9 Å². The van der Waals surface area contributed by atoms with Crippen LogP contribution in [0.2, 0.25) is 5.02 Å². The summed E-state index contributed by atoms with van der Waals surface area (Å²) in [4.78, 5) is 23.8. The third-order valence-corrected chi connectivity index (χ3v) is 5.51. The van der Waals surface area contributed by atoms with Gasteiger partial charge in [0.15, 0.2) is 0 Å². The molecule has 0 fully saturated rings. The summed E-state index contributed by atoms with van der Waals surface area (Å²) in [6.07, 6.45) is 0.151. The first-order chi connectivity index (χ1) is 13.3. The van der Waals surface area contributed by atoms with Gasteiger partial charge in [-0.2, -0.15) is 0 Å². The van der Waals surface area contributed by atoms with E-state index in [4.69, 9.17) is 11.6 Å². The van der Waals surface area contributed by atoms with E-state index in [0.29, 0.717) is 22.7 Å². The molecule has 9 heteroatoms. The van der Waals surface area contributed by atoms with Gasteiger partial charge in [0.1, 0.15) is 0 Å². The van der Waals surface area contributed by atoms with E-state index >= 15 is 0 Å². The molecule has 28 heavy (non-hydrogen) atoms. The predicted octanol–water partition coefficient (Wildman–Crippen LogP) is 1.83. The first kappa shape index (κ1) is 21.9. The van der Waals surface area contributed by atoms with Crippen molar-refractivity contribution in [1.82, 2.24) is 15.4 Å². The zero-order valence-corrected chi connectivity index (χ0v) is 16.9. The van der Waals surface area contributed by atoms with Gasteiger partial charge in [-0.3, -0.25) is 9.59 Å². The van der Waals surface area contributed by atoms with Gasteiger partial charge in [0.05, 0.1) is 5.75 Å². The highest BCUT2D eigenvalue weighted by atomic mass is 35.5. The number of carbonyl (C=O) groups excluding carboxylic acids is 2. The van der Waals surface area contributed by atoms with Crippen LogP contribution in [0.4, 0.5) is 0 Å². The van der Waals surface area contributed by atoms with E-state index in [0.717, 1.165) is 5.56 Å². The minimum absolute atomic E-state index is 0.0938. The van der Waals surface area contributed by atoms with Crippen LogP contribution < -0.4 is 15.4 Å². The third kappa shape index (κ3) is 7.30. The highest BCUT2D eigenvalue weighted by Crippen LogP contribution is 2.09. The van der Waals surface area contributed by atoms with Gasteiger partial charge in [-0.15, -0.1) is 0 Å². The van der Waals surface area contributed by atoms with E-state index in [1.807, 2.05) is 0 Å². The maximum Gasteiger partial charge on any atom is 0.251 e. The number of amides is 2. The largest absolute Gasteiger partial charge is 0.352 e. The second-order valence-corrected chi connectivity index (χ2v) is 8.43. The Kier molecular flexibility index (Phi) is 7.98. The Balaban J connectivity index is 1.72. The Bertz CT molecular complexity index is 913. The summed E-state index contributed by atoms with van der Waals surface area (Å²) in [5, 5.41) is 5.99. The Morgan fingerprint density at radius 2 is 1.54 bits per heavy atom. The molecule has 3 N–H and O–H groups in total. The van der Waals surface area contributed by atoms with Crippen molar-refractivity contribution in [2.24, 2.45) is 0 Å². The number of sulfonamides is 1. The Morgan fingerprint density at radius 1 is 0.929 bits per heavy atom. The average molecular weight is 424 g/mol. The summed E-state index contributed by atoms with van der Waals surface area (Å²) in [7, 11) is -1.94. The molecule has 0 radical (unpaired) electrons. The highest BCUT2D eigenvalue weighted by Gasteiger charge is 2.09. The van der Waals surface area contributed by atoms with Gasteiger partial charge >= 0.3 is 0 Å². The zero-order chi connectivity index (χ0) is 20.6. The fourth-order valence-electron chi connectivity index (χ4n) is 2.33. The normalized spacial score (nSPS) is 11.1. The molecule has 150 valence electrons. The third-order valence-electron chi connectivity index (χ3n) is 3.92. The molecule has 0 saturated carbocycles. The summed E-state index contributed by atoms with van der Waals surface area (Å²) in [6.45, 7) is 0.539. The van der Waals surface area contributed by atoms with Gasteiger partial charge in [0.2, 0.25) is 15.9 Å². The van der Waals surface area contributed by atoms with Crippen LogP contribution >= 0.6 is 11.6 Å². The molecule has 2 amide bonds. The number of benzene rings is 2. The van der Waals surface area contributed by atoms with Crippen molar-refractivity contribution in [3.05, 3.63) is 70.2 Å². The van der Waals surface area contributed by atoms with Crippen molar-refractivity contribution in [1.29, 1.82) is 0 Å². The van der Waals surface area contributed by atoms with Crippen LogP contribution in [0.15, 0.2) is 48.5 Å². The van der Waals surface area contributed by atoms with Gasteiger partial charge in [-0.05, 0) is 42.4 Å². The Morgan fingerprint density at radius 3 is 2.14 bits per heavy atom. The number of rotatable bonds is 9. The lowest BCUT2D eigenvalue weighted by Crippen LogP contribution is -2.30. The maximum atomic E-state index is 11.9. The molecule has 0 bridgehead atoms. The second kappa shape index (κ2) is 10.2. The maximum absolute atomic E-state index is 11.9. The summed E-state index contributed by atoms with van der Waals surface area (Å²) < 4.78 is 25.3. The SMILES string of the molecule is CNS(=O)(=O)Cc1ccc(CNC(=O)CCNC(=O)c2ccc(Cl)cc2)cc1. The minimum Gasteiger partial charge on any atom is -0.352 e. The summed E-state index contributed by atoms with van der Waals surface area (Å²) in [5.74, 6) is -0.557. The van der Waals surface area contributed by atoms with Gasteiger partial charge in [0, 0.05) is 30.1 Å². The number of nitrogens with one attached hydrogen (secondary N) is 3. The molecular weight excluding hydrogens is 402 g/mol. The van der Waals surface area contributed by atoms with Crippen molar-refractivity contribution in [2.75, 3.05) is 13.6 Å². The average Bonchev–Trinajstić information content (AvgIpc) is 2.67. The second-order valence-electron chi connectivity index (χ2n) is 6.07. The number of hydrogen-bond donors (Lipinski definition) is 3. The first-order valence-corrected chi connectivity index (χ1v) is 10.6. The minimum atomic E-state index is -3.31. The number of halogens is 1. The van der Waals surface area contributed by atoms with E-state index in [1.54, 1.807) is 48.5 Å². The van der Waals surface area contributed by atoms with E-state index in [2.05, 4.69) is 15.4 Å². The van der Waals surface area contributed by atoms with Crippen molar-refractivity contribution >= 4 is 33.4 Å². The molecule has 0 atom stereocenters. The Labute approximate surface area is 169 Å². The molecule has 7 nitrogen and oxygen atoms in total. The molecule has 0 aromatic heterocycles.